The lowest BCUT2D eigenvalue weighted by molar-refractivity contribution is -0.192. The molecule has 0 saturated carbocycles. The number of fused-ring (bicyclic) bond motifs is 1. The molecule has 39 heavy (non-hydrogen) atoms. The van der Waals surface area contributed by atoms with Crippen molar-refractivity contribution in [3.8, 4) is 5.75 Å². The highest BCUT2D eigenvalue weighted by Gasteiger charge is 2.45. The predicted molar refractivity (Wildman–Crippen MR) is 120 cm³/mol. The molecule has 0 amide bonds. The van der Waals surface area contributed by atoms with E-state index in [2.05, 4.69) is 15.0 Å². The third kappa shape index (κ3) is 6.59. The van der Waals surface area contributed by atoms with E-state index < -0.39 is 42.4 Å². The van der Waals surface area contributed by atoms with E-state index in [4.69, 9.17) is 20.4 Å². The monoisotopic (exact) mass is 562 g/mol. The maximum atomic E-state index is 13.4. The zero-order chi connectivity index (χ0) is 29.0. The number of nitrogens with zero attached hydrogens (tertiary/aromatic N) is 3. The van der Waals surface area contributed by atoms with Gasteiger partial charge in [0.2, 0.25) is 6.43 Å². The van der Waals surface area contributed by atoms with Gasteiger partial charge in [-0.25, -0.2) is 18.6 Å². The normalized spacial score (nSPS) is 16.7. The number of hydrogen-bond donors (Lipinski definition) is 2. The van der Waals surface area contributed by atoms with Gasteiger partial charge in [0.15, 0.2) is 0 Å². The molecule has 1 atom stereocenters. The Labute approximate surface area is 215 Å². The molecule has 1 aromatic carbocycles. The molecule has 1 unspecified atom stereocenters. The van der Waals surface area contributed by atoms with Crippen LogP contribution in [0.3, 0.4) is 0 Å². The number of alkyl halides is 8. The van der Waals surface area contributed by atoms with E-state index in [9.17, 15) is 35.1 Å². The first-order chi connectivity index (χ1) is 18.2. The van der Waals surface area contributed by atoms with Crippen LogP contribution in [0.1, 0.15) is 34.5 Å². The standard InChI is InChI=1S/C22H17F5N4O.C2HF3O2/c23-18(24)7-10-32-15-4-1-3-13(11-15)21(14-6-9-29-17(12-14)22(25,26)27)16-5-2-8-30-19(16)20(28)31-21;3-2(4,5)1(6)7/h1-6,8-9,11-12,18H,7,10H2,(H2,28,31);(H,6,7). The number of halogens is 8. The highest BCUT2D eigenvalue weighted by molar-refractivity contribution is 6.01. The van der Waals surface area contributed by atoms with Crippen LogP contribution < -0.4 is 10.5 Å². The molecule has 2 aromatic heterocycles. The maximum Gasteiger partial charge on any atom is 0.490 e. The van der Waals surface area contributed by atoms with Crippen molar-refractivity contribution in [1.29, 1.82) is 0 Å². The van der Waals surface area contributed by atoms with Gasteiger partial charge in [-0.15, -0.1) is 0 Å². The van der Waals surface area contributed by atoms with Crippen molar-refractivity contribution in [3.05, 3.63) is 89.0 Å². The summed E-state index contributed by atoms with van der Waals surface area (Å²) >= 11 is 0. The third-order valence-electron chi connectivity index (χ3n) is 5.30. The number of rotatable bonds is 6. The molecule has 7 nitrogen and oxygen atoms in total. The lowest BCUT2D eigenvalue weighted by Crippen LogP contribution is -2.26. The van der Waals surface area contributed by atoms with Crippen LogP contribution in [0.2, 0.25) is 0 Å². The van der Waals surface area contributed by atoms with E-state index in [-0.39, 0.29) is 23.8 Å². The van der Waals surface area contributed by atoms with Crippen LogP contribution in [0.25, 0.3) is 0 Å². The summed E-state index contributed by atoms with van der Waals surface area (Å²) in [7, 11) is 0. The molecule has 4 rings (SSSR count). The number of amidine groups is 1. The Balaban J connectivity index is 0.000000532. The fraction of sp³-hybridized carbons (Fsp3) is 0.250. The minimum atomic E-state index is -5.08. The molecule has 0 saturated heterocycles. The molecule has 208 valence electrons. The molecule has 15 heteroatoms. The van der Waals surface area contributed by atoms with Crippen LogP contribution >= 0.6 is 0 Å². The molecule has 3 heterocycles. The number of aliphatic imine (C=N–C) groups is 1. The molecule has 3 aromatic rings. The third-order valence-corrected chi connectivity index (χ3v) is 5.30. The van der Waals surface area contributed by atoms with Crippen LogP contribution in [0.5, 0.6) is 5.75 Å². The van der Waals surface area contributed by atoms with E-state index in [1.807, 2.05) is 0 Å². The average molecular weight is 562 g/mol. The Hall–Kier alpha value is -4.30. The van der Waals surface area contributed by atoms with Gasteiger partial charge in [0.05, 0.1) is 6.61 Å². The van der Waals surface area contributed by atoms with Gasteiger partial charge in [-0.05, 0) is 41.5 Å². The number of pyridine rings is 2. The molecule has 1 aliphatic rings. The van der Waals surface area contributed by atoms with Crippen LogP contribution in [-0.2, 0) is 16.5 Å². The molecular weight excluding hydrogens is 544 g/mol. The number of nitrogens with two attached hydrogens (primary N) is 1. The highest BCUT2D eigenvalue weighted by Crippen LogP contribution is 2.46. The zero-order valence-electron chi connectivity index (χ0n) is 19.5. The van der Waals surface area contributed by atoms with E-state index >= 15 is 0 Å². The van der Waals surface area contributed by atoms with Gasteiger partial charge < -0.3 is 15.6 Å². The number of aromatic nitrogens is 2. The fourth-order valence-corrected chi connectivity index (χ4v) is 3.69. The largest absolute Gasteiger partial charge is 0.493 e. The number of aliphatic carboxylic acids is 1. The number of hydrogen-bond acceptors (Lipinski definition) is 6. The molecule has 3 N–H and O–H groups in total. The summed E-state index contributed by atoms with van der Waals surface area (Å²) in [5.74, 6) is -2.42. The van der Waals surface area contributed by atoms with Gasteiger partial charge in [-0.1, -0.05) is 18.2 Å². The number of carbonyl (C=O) groups is 1. The van der Waals surface area contributed by atoms with Gasteiger partial charge in [0, 0.05) is 24.4 Å². The van der Waals surface area contributed by atoms with Gasteiger partial charge in [-0.3, -0.25) is 9.97 Å². The van der Waals surface area contributed by atoms with Crippen molar-refractivity contribution >= 4 is 11.8 Å². The summed E-state index contributed by atoms with van der Waals surface area (Å²) in [6.45, 7) is -0.217. The van der Waals surface area contributed by atoms with Gasteiger partial charge in [0.1, 0.15) is 28.5 Å². The van der Waals surface area contributed by atoms with Crippen molar-refractivity contribution < 1.29 is 49.8 Å². The molecule has 0 radical (unpaired) electrons. The number of carboxylic acid groups (broad SMARTS) is 1. The molecular formula is C24H18F8N4O3. The Morgan fingerprint density at radius 1 is 0.974 bits per heavy atom. The topological polar surface area (TPSA) is 111 Å². The van der Waals surface area contributed by atoms with E-state index in [0.29, 0.717) is 16.8 Å². The first-order valence-corrected chi connectivity index (χ1v) is 10.8. The summed E-state index contributed by atoms with van der Waals surface area (Å²) in [5, 5.41) is 7.12. The summed E-state index contributed by atoms with van der Waals surface area (Å²) < 4.78 is 102. The Morgan fingerprint density at radius 2 is 1.64 bits per heavy atom. The minimum absolute atomic E-state index is 0.0648. The Bertz CT molecular complexity index is 1360. The smallest absolute Gasteiger partial charge is 0.490 e. The lowest BCUT2D eigenvalue weighted by Gasteiger charge is -2.29. The molecule has 0 aliphatic carbocycles. The number of ether oxygens (including phenoxy) is 1. The Morgan fingerprint density at radius 3 is 2.26 bits per heavy atom. The highest BCUT2D eigenvalue weighted by atomic mass is 19.4. The quantitative estimate of drug-likeness (QED) is 0.401. The second kappa shape index (κ2) is 11.2. The zero-order valence-corrected chi connectivity index (χ0v) is 19.5. The van der Waals surface area contributed by atoms with Crippen molar-refractivity contribution in [2.45, 2.75) is 30.7 Å². The lowest BCUT2D eigenvalue weighted by atomic mass is 9.78. The second-order valence-electron chi connectivity index (χ2n) is 7.89. The SMILES string of the molecule is NC1=NC(c2cccc(OCCC(F)F)c2)(c2ccnc(C(F)(F)F)c2)c2cccnc21.O=C(O)C(F)(F)F. The van der Waals surface area contributed by atoms with Crippen LogP contribution in [-0.4, -0.2) is 46.1 Å². The van der Waals surface area contributed by atoms with Crippen molar-refractivity contribution in [3.63, 3.8) is 0 Å². The molecule has 0 spiro atoms. The average Bonchev–Trinajstić information content (AvgIpc) is 3.17. The summed E-state index contributed by atoms with van der Waals surface area (Å²) in [6, 6.07) is 12.1. The molecule has 0 fully saturated rings. The van der Waals surface area contributed by atoms with Gasteiger partial charge in [0.25, 0.3) is 0 Å². The fourth-order valence-electron chi connectivity index (χ4n) is 3.69. The van der Waals surface area contributed by atoms with E-state index in [1.165, 1.54) is 12.3 Å². The summed E-state index contributed by atoms with van der Waals surface area (Å²) in [5.41, 5.74) is 5.04. The predicted octanol–water partition coefficient (Wildman–Crippen LogP) is 5.17. The van der Waals surface area contributed by atoms with Gasteiger partial charge in [-0.2, -0.15) is 26.3 Å². The molecule has 0 bridgehead atoms. The van der Waals surface area contributed by atoms with Crippen molar-refractivity contribution in [1.82, 2.24) is 9.97 Å². The first kappa shape index (κ1) is 29.3. The van der Waals surface area contributed by atoms with Crippen LogP contribution in [0.15, 0.2) is 65.9 Å². The van der Waals surface area contributed by atoms with Crippen LogP contribution in [0, 0.1) is 0 Å². The van der Waals surface area contributed by atoms with Crippen LogP contribution in [0.4, 0.5) is 35.1 Å². The molecule has 1 aliphatic heterocycles. The number of carboxylic acids is 1. The minimum Gasteiger partial charge on any atom is -0.493 e. The van der Waals surface area contributed by atoms with Gasteiger partial charge >= 0.3 is 18.3 Å². The first-order valence-electron chi connectivity index (χ1n) is 10.8. The maximum absolute atomic E-state index is 13.4. The van der Waals surface area contributed by atoms with E-state index in [1.54, 1.807) is 36.4 Å². The summed E-state index contributed by atoms with van der Waals surface area (Å²) in [4.78, 5) is 21.1. The van der Waals surface area contributed by atoms with Crippen molar-refractivity contribution in [2.75, 3.05) is 6.61 Å². The Kier molecular flexibility index (Phi) is 8.41. The number of benzene rings is 1. The van der Waals surface area contributed by atoms with E-state index in [0.717, 1.165) is 12.3 Å². The second-order valence-corrected chi connectivity index (χ2v) is 7.89. The summed E-state index contributed by atoms with van der Waals surface area (Å²) in [6.07, 6.45) is -10.1. The van der Waals surface area contributed by atoms with Crippen molar-refractivity contribution in [2.24, 2.45) is 10.7 Å².